The third kappa shape index (κ3) is 5.71. The van der Waals surface area contributed by atoms with E-state index in [1.807, 2.05) is 32.0 Å². The van der Waals surface area contributed by atoms with Crippen LogP contribution in [0, 0.1) is 6.92 Å². The fourth-order valence-electron chi connectivity index (χ4n) is 1.79. The lowest BCUT2D eigenvalue weighted by Gasteiger charge is -2.18. The summed E-state index contributed by atoms with van der Waals surface area (Å²) in [4.78, 5) is 24.8. The molecule has 0 bridgehead atoms. The Bertz CT molecular complexity index is 540. The number of aryl methyl sites for hydroxylation is 1. The average molecular weight is 354 g/mol. The molecule has 0 radical (unpaired) electrons. The van der Waals surface area contributed by atoms with Crippen LogP contribution in [-0.2, 0) is 14.3 Å². The fourth-order valence-corrected chi connectivity index (χ4v) is 2.41. The molecule has 1 aromatic rings. The van der Waals surface area contributed by atoms with Crippen LogP contribution in [0.25, 0.3) is 6.08 Å². The summed E-state index contributed by atoms with van der Waals surface area (Å²) in [5.74, 6) is -0.430. The second-order valence-corrected chi connectivity index (χ2v) is 5.46. The van der Waals surface area contributed by atoms with E-state index < -0.39 is 0 Å². The molecule has 0 atom stereocenters. The van der Waals surface area contributed by atoms with Gasteiger partial charge in [-0.2, -0.15) is 0 Å². The molecule has 0 aliphatic heterocycles. The Labute approximate surface area is 133 Å². The summed E-state index contributed by atoms with van der Waals surface area (Å²) in [7, 11) is 1.34. The fraction of sp³-hybridized carbons (Fsp3) is 0.375. The highest BCUT2D eigenvalue weighted by atomic mass is 79.9. The van der Waals surface area contributed by atoms with Gasteiger partial charge in [0.15, 0.2) is 0 Å². The van der Waals surface area contributed by atoms with Crippen molar-refractivity contribution in [2.45, 2.75) is 20.3 Å². The molecule has 114 valence electrons. The van der Waals surface area contributed by atoms with E-state index in [0.29, 0.717) is 13.1 Å². The molecule has 0 N–H and O–H groups in total. The summed E-state index contributed by atoms with van der Waals surface area (Å²) >= 11 is 3.47. The summed E-state index contributed by atoms with van der Waals surface area (Å²) in [5, 5.41) is 0. The normalized spacial score (nSPS) is 10.7. The third-order valence-corrected chi connectivity index (χ3v) is 3.76. The second-order valence-electron chi connectivity index (χ2n) is 4.60. The molecule has 0 aliphatic rings. The molecule has 1 amide bonds. The van der Waals surface area contributed by atoms with Gasteiger partial charge in [0.25, 0.3) is 0 Å². The highest BCUT2D eigenvalue weighted by molar-refractivity contribution is 9.10. The number of hydrogen-bond acceptors (Lipinski definition) is 3. The number of benzene rings is 1. The Hall–Kier alpha value is -1.62. The zero-order valence-electron chi connectivity index (χ0n) is 12.6. The third-order valence-electron chi connectivity index (χ3n) is 3.07. The predicted molar refractivity (Wildman–Crippen MR) is 86.8 cm³/mol. The van der Waals surface area contributed by atoms with Gasteiger partial charge in [-0.05, 0) is 37.1 Å². The number of ether oxygens (including phenoxy) is 1. The molecule has 0 fully saturated rings. The second kappa shape index (κ2) is 8.62. The van der Waals surface area contributed by atoms with Crippen molar-refractivity contribution < 1.29 is 14.3 Å². The molecular weight excluding hydrogens is 334 g/mol. The van der Waals surface area contributed by atoms with E-state index in [1.54, 1.807) is 11.0 Å². The maximum absolute atomic E-state index is 12.1. The standard InChI is InChI=1S/C16H20BrNO3/c1-4-18(10-9-16(20)21-3)15(19)8-7-13-6-5-12(2)11-14(13)17/h5-8,11H,4,9-10H2,1-3H3/b8-7+. The lowest BCUT2D eigenvalue weighted by molar-refractivity contribution is -0.141. The number of nitrogens with zero attached hydrogens (tertiary/aromatic N) is 1. The first-order chi connectivity index (χ1) is 9.97. The number of esters is 1. The number of methoxy groups -OCH3 is 1. The van der Waals surface area contributed by atoms with Crippen LogP contribution in [0.4, 0.5) is 0 Å². The molecule has 0 heterocycles. The zero-order valence-corrected chi connectivity index (χ0v) is 14.1. The van der Waals surface area contributed by atoms with Crippen molar-refractivity contribution in [3.05, 3.63) is 39.9 Å². The van der Waals surface area contributed by atoms with Crippen molar-refractivity contribution in [2.75, 3.05) is 20.2 Å². The lowest BCUT2D eigenvalue weighted by atomic mass is 10.1. The van der Waals surface area contributed by atoms with Crippen molar-refractivity contribution in [1.29, 1.82) is 0 Å². The first kappa shape index (κ1) is 17.4. The number of halogens is 1. The SMILES string of the molecule is CCN(CCC(=O)OC)C(=O)/C=C/c1ccc(C)cc1Br. The summed E-state index contributed by atoms with van der Waals surface area (Å²) in [5.41, 5.74) is 2.09. The van der Waals surface area contributed by atoms with Gasteiger partial charge in [0, 0.05) is 23.6 Å². The Morgan fingerprint density at radius 2 is 2.10 bits per heavy atom. The monoisotopic (exact) mass is 353 g/mol. The molecule has 1 rings (SSSR count). The van der Waals surface area contributed by atoms with Crippen LogP contribution in [0.15, 0.2) is 28.7 Å². The molecule has 0 saturated carbocycles. The van der Waals surface area contributed by atoms with E-state index in [0.717, 1.165) is 15.6 Å². The van der Waals surface area contributed by atoms with E-state index in [4.69, 9.17) is 0 Å². The van der Waals surface area contributed by atoms with Gasteiger partial charge >= 0.3 is 5.97 Å². The van der Waals surface area contributed by atoms with E-state index in [9.17, 15) is 9.59 Å². The van der Waals surface area contributed by atoms with Crippen molar-refractivity contribution in [3.8, 4) is 0 Å². The van der Waals surface area contributed by atoms with Crippen LogP contribution < -0.4 is 0 Å². The predicted octanol–water partition coefficient (Wildman–Crippen LogP) is 3.18. The quantitative estimate of drug-likeness (QED) is 0.582. The Kier molecular flexibility index (Phi) is 7.15. The average Bonchev–Trinajstić information content (AvgIpc) is 2.46. The van der Waals surface area contributed by atoms with E-state index in [1.165, 1.54) is 13.2 Å². The van der Waals surface area contributed by atoms with Gasteiger partial charge in [-0.25, -0.2) is 0 Å². The molecule has 0 saturated heterocycles. The lowest BCUT2D eigenvalue weighted by Crippen LogP contribution is -2.31. The topological polar surface area (TPSA) is 46.6 Å². The highest BCUT2D eigenvalue weighted by Gasteiger charge is 2.11. The van der Waals surface area contributed by atoms with Gasteiger partial charge in [0.2, 0.25) is 5.91 Å². The van der Waals surface area contributed by atoms with Crippen LogP contribution in [0.2, 0.25) is 0 Å². The number of carbonyl (C=O) groups excluding carboxylic acids is 2. The van der Waals surface area contributed by atoms with Gasteiger partial charge in [-0.3, -0.25) is 9.59 Å². The molecule has 5 heteroatoms. The number of likely N-dealkylation sites (N-methyl/N-ethyl adjacent to an activating group) is 1. The van der Waals surface area contributed by atoms with Crippen molar-refractivity contribution >= 4 is 33.9 Å². The molecule has 0 unspecified atom stereocenters. The summed E-state index contributed by atoms with van der Waals surface area (Å²) in [6.45, 7) is 4.80. The first-order valence-corrected chi connectivity index (χ1v) is 7.57. The minimum absolute atomic E-state index is 0.117. The van der Waals surface area contributed by atoms with Crippen LogP contribution in [-0.4, -0.2) is 37.0 Å². The smallest absolute Gasteiger partial charge is 0.307 e. The van der Waals surface area contributed by atoms with Gasteiger partial charge < -0.3 is 9.64 Å². The maximum atomic E-state index is 12.1. The Morgan fingerprint density at radius 1 is 1.38 bits per heavy atom. The molecule has 0 aromatic heterocycles. The summed E-state index contributed by atoms with van der Waals surface area (Å²) in [6, 6.07) is 5.94. The van der Waals surface area contributed by atoms with E-state index in [-0.39, 0.29) is 18.3 Å². The minimum Gasteiger partial charge on any atom is -0.469 e. The van der Waals surface area contributed by atoms with Gasteiger partial charge in [0.1, 0.15) is 0 Å². The number of amides is 1. The number of carbonyl (C=O) groups is 2. The zero-order chi connectivity index (χ0) is 15.8. The van der Waals surface area contributed by atoms with Gasteiger partial charge in [-0.15, -0.1) is 0 Å². The van der Waals surface area contributed by atoms with Crippen LogP contribution in [0.5, 0.6) is 0 Å². The van der Waals surface area contributed by atoms with E-state index in [2.05, 4.69) is 20.7 Å². The van der Waals surface area contributed by atoms with Crippen LogP contribution in [0.3, 0.4) is 0 Å². The van der Waals surface area contributed by atoms with Crippen molar-refractivity contribution in [2.24, 2.45) is 0 Å². The molecule has 0 aliphatic carbocycles. The largest absolute Gasteiger partial charge is 0.469 e. The number of rotatable bonds is 6. The van der Waals surface area contributed by atoms with Crippen molar-refractivity contribution in [3.63, 3.8) is 0 Å². The summed E-state index contributed by atoms with van der Waals surface area (Å²) in [6.07, 6.45) is 3.50. The van der Waals surface area contributed by atoms with Gasteiger partial charge in [0.05, 0.1) is 13.5 Å². The first-order valence-electron chi connectivity index (χ1n) is 6.78. The summed E-state index contributed by atoms with van der Waals surface area (Å²) < 4.78 is 5.53. The Balaban J connectivity index is 2.68. The molecule has 21 heavy (non-hydrogen) atoms. The molecule has 4 nitrogen and oxygen atoms in total. The molecule has 0 spiro atoms. The minimum atomic E-state index is -0.313. The van der Waals surface area contributed by atoms with Gasteiger partial charge in [-0.1, -0.05) is 28.1 Å². The highest BCUT2D eigenvalue weighted by Crippen LogP contribution is 2.19. The molecule has 1 aromatic carbocycles. The molecular formula is C16H20BrNO3. The number of hydrogen-bond donors (Lipinski definition) is 0. The van der Waals surface area contributed by atoms with E-state index >= 15 is 0 Å². The van der Waals surface area contributed by atoms with Crippen LogP contribution in [0.1, 0.15) is 24.5 Å². The van der Waals surface area contributed by atoms with Crippen molar-refractivity contribution in [1.82, 2.24) is 4.90 Å². The van der Waals surface area contributed by atoms with Crippen LogP contribution >= 0.6 is 15.9 Å². The Morgan fingerprint density at radius 3 is 2.67 bits per heavy atom. The maximum Gasteiger partial charge on any atom is 0.307 e.